The van der Waals surface area contributed by atoms with Crippen LogP contribution in [0.5, 0.6) is 0 Å². The van der Waals surface area contributed by atoms with Crippen molar-refractivity contribution in [2.24, 2.45) is 5.92 Å². The number of cyclic esters (lactones) is 1. The lowest BCUT2D eigenvalue weighted by atomic mass is 9.95. The molecule has 0 saturated carbocycles. The highest BCUT2D eigenvalue weighted by Gasteiger charge is 2.36. The number of hydrogen-bond donors (Lipinski definition) is 0. The highest BCUT2D eigenvalue weighted by atomic mass is 16.5. The number of allylic oxidation sites excluding steroid dienone is 3. The van der Waals surface area contributed by atoms with Crippen LogP contribution in [0.2, 0.25) is 0 Å². The highest BCUT2D eigenvalue weighted by Crippen LogP contribution is 2.19. The molecule has 0 aliphatic carbocycles. The second kappa shape index (κ2) is 6.10. The number of ether oxygens (including phenoxy) is 1. The van der Waals surface area contributed by atoms with E-state index in [2.05, 4.69) is 0 Å². The van der Waals surface area contributed by atoms with Gasteiger partial charge in [0.05, 0.1) is 0 Å². The molecule has 4 heteroatoms. The smallest absolute Gasteiger partial charge is 0.329 e. The Bertz CT molecular complexity index is 723. The van der Waals surface area contributed by atoms with Gasteiger partial charge >= 0.3 is 5.97 Å². The first-order valence-corrected chi connectivity index (χ1v) is 7.03. The molecule has 0 bridgehead atoms. The van der Waals surface area contributed by atoms with E-state index in [9.17, 15) is 14.4 Å². The first-order valence-electron chi connectivity index (χ1n) is 7.03. The largest absolute Gasteiger partial charge is 0.430 e. The Balaban J connectivity index is 2.24. The fraction of sp³-hybridized carbons (Fsp3) is 0.278. The first kappa shape index (κ1) is 15.9. The molecule has 0 radical (unpaired) electrons. The molecule has 1 heterocycles. The van der Waals surface area contributed by atoms with Gasteiger partial charge in [0.1, 0.15) is 5.76 Å². The highest BCUT2D eigenvalue weighted by molar-refractivity contribution is 6.25. The van der Waals surface area contributed by atoms with Crippen molar-refractivity contribution in [2.75, 3.05) is 0 Å². The van der Waals surface area contributed by atoms with Crippen molar-refractivity contribution in [2.45, 2.75) is 27.7 Å². The lowest BCUT2D eigenvalue weighted by Crippen LogP contribution is -2.34. The average molecular weight is 298 g/mol. The molecule has 1 aromatic rings. The molecular weight excluding hydrogens is 280 g/mol. The van der Waals surface area contributed by atoms with Crippen molar-refractivity contribution in [3.8, 4) is 0 Å². The number of ketones is 2. The Hall–Kier alpha value is -2.49. The molecule has 2 rings (SSSR count). The van der Waals surface area contributed by atoms with E-state index < -0.39 is 23.5 Å². The Morgan fingerprint density at radius 2 is 1.68 bits per heavy atom. The van der Waals surface area contributed by atoms with Crippen LogP contribution in [-0.4, -0.2) is 17.5 Å². The molecule has 0 aromatic heterocycles. The second-order valence-corrected chi connectivity index (χ2v) is 5.54. The summed E-state index contributed by atoms with van der Waals surface area (Å²) in [5, 5.41) is 0. The van der Waals surface area contributed by atoms with Gasteiger partial charge in [0.2, 0.25) is 0 Å². The first-order chi connectivity index (χ1) is 10.3. The van der Waals surface area contributed by atoms with Gasteiger partial charge in [0, 0.05) is 6.08 Å². The maximum Gasteiger partial charge on any atom is 0.329 e. The molecule has 114 valence electrons. The minimum atomic E-state index is -1.38. The number of carbonyl (C=O) groups excluding carboxylic acids is 3. The SMILES string of the molecule is CC1=CC(=O)C(C(=O)C=Cc2cc(C)c(C)cc2C)C(=O)O1. The summed E-state index contributed by atoms with van der Waals surface area (Å²) in [5.41, 5.74) is 4.21. The van der Waals surface area contributed by atoms with Gasteiger partial charge in [0.25, 0.3) is 0 Å². The standard InChI is InChI=1S/C18H18O4/c1-10-7-12(3)14(8-11(10)2)5-6-15(19)17-16(20)9-13(4)22-18(17)21/h5-9,17H,1-4H3. The number of benzene rings is 1. The molecule has 0 amide bonds. The summed E-state index contributed by atoms with van der Waals surface area (Å²) in [4.78, 5) is 35.6. The van der Waals surface area contributed by atoms with Crippen LogP contribution >= 0.6 is 0 Å². The summed E-state index contributed by atoms with van der Waals surface area (Å²) < 4.78 is 4.85. The van der Waals surface area contributed by atoms with Gasteiger partial charge in [-0.3, -0.25) is 14.4 Å². The van der Waals surface area contributed by atoms with E-state index in [4.69, 9.17) is 4.74 Å². The third-order valence-electron chi connectivity index (χ3n) is 3.72. The van der Waals surface area contributed by atoms with E-state index in [0.717, 1.165) is 16.7 Å². The maximum atomic E-state index is 12.1. The molecule has 4 nitrogen and oxygen atoms in total. The number of rotatable bonds is 3. The van der Waals surface area contributed by atoms with E-state index in [1.165, 1.54) is 24.6 Å². The topological polar surface area (TPSA) is 60.4 Å². The van der Waals surface area contributed by atoms with Crippen molar-refractivity contribution in [3.63, 3.8) is 0 Å². The zero-order valence-corrected chi connectivity index (χ0v) is 13.1. The molecular formula is C18H18O4. The second-order valence-electron chi connectivity index (χ2n) is 5.54. The van der Waals surface area contributed by atoms with Crippen molar-refractivity contribution in [3.05, 3.63) is 52.3 Å². The van der Waals surface area contributed by atoms with E-state index in [1.54, 1.807) is 6.08 Å². The van der Waals surface area contributed by atoms with Crippen molar-refractivity contribution >= 4 is 23.6 Å². The molecule has 1 aromatic carbocycles. The van der Waals surface area contributed by atoms with Crippen molar-refractivity contribution in [1.82, 2.24) is 0 Å². The van der Waals surface area contributed by atoms with Crippen LogP contribution < -0.4 is 0 Å². The molecule has 1 aliphatic rings. The summed E-state index contributed by atoms with van der Waals surface area (Å²) in [6, 6.07) is 4.01. The van der Waals surface area contributed by atoms with E-state index in [0.29, 0.717) is 0 Å². The van der Waals surface area contributed by atoms with Gasteiger partial charge in [-0.1, -0.05) is 18.2 Å². The monoisotopic (exact) mass is 298 g/mol. The third-order valence-corrected chi connectivity index (χ3v) is 3.72. The Morgan fingerprint density at radius 1 is 1.05 bits per heavy atom. The Morgan fingerprint density at radius 3 is 2.32 bits per heavy atom. The fourth-order valence-electron chi connectivity index (χ4n) is 2.33. The number of esters is 1. The van der Waals surface area contributed by atoms with E-state index in [-0.39, 0.29) is 5.76 Å². The van der Waals surface area contributed by atoms with Gasteiger partial charge in [-0.15, -0.1) is 0 Å². The summed E-state index contributed by atoms with van der Waals surface area (Å²) in [6.07, 6.45) is 4.09. The minimum absolute atomic E-state index is 0.216. The lowest BCUT2D eigenvalue weighted by molar-refractivity contribution is -0.151. The number of carbonyl (C=O) groups is 3. The predicted molar refractivity (Wildman–Crippen MR) is 83.0 cm³/mol. The Labute approximate surface area is 129 Å². The number of aryl methyl sites for hydroxylation is 3. The average Bonchev–Trinajstić information content (AvgIpc) is 2.40. The van der Waals surface area contributed by atoms with Crippen LogP contribution in [0, 0.1) is 26.7 Å². The van der Waals surface area contributed by atoms with Gasteiger partial charge in [0.15, 0.2) is 17.5 Å². The van der Waals surface area contributed by atoms with E-state index in [1.807, 2.05) is 32.9 Å². The molecule has 22 heavy (non-hydrogen) atoms. The summed E-state index contributed by atoms with van der Waals surface area (Å²) >= 11 is 0. The molecule has 1 unspecified atom stereocenters. The van der Waals surface area contributed by atoms with Gasteiger partial charge in [-0.05, 0) is 56.0 Å². The van der Waals surface area contributed by atoms with Gasteiger partial charge in [-0.25, -0.2) is 0 Å². The Kier molecular flexibility index (Phi) is 4.40. The minimum Gasteiger partial charge on any atom is -0.430 e. The van der Waals surface area contributed by atoms with Gasteiger partial charge in [-0.2, -0.15) is 0 Å². The van der Waals surface area contributed by atoms with Crippen molar-refractivity contribution < 1.29 is 19.1 Å². The molecule has 0 fully saturated rings. The summed E-state index contributed by atoms with van der Waals surface area (Å²) in [5.74, 6) is -3.06. The normalized spacial score (nSPS) is 18.4. The fourth-order valence-corrected chi connectivity index (χ4v) is 2.33. The molecule has 0 N–H and O–H groups in total. The van der Waals surface area contributed by atoms with Crippen LogP contribution in [-0.2, 0) is 19.1 Å². The lowest BCUT2D eigenvalue weighted by Gasteiger charge is -2.15. The van der Waals surface area contributed by atoms with E-state index >= 15 is 0 Å². The maximum absolute atomic E-state index is 12.1. The molecule has 0 saturated heterocycles. The summed E-state index contributed by atoms with van der Waals surface area (Å²) in [6.45, 7) is 7.46. The summed E-state index contributed by atoms with van der Waals surface area (Å²) in [7, 11) is 0. The van der Waals surface area contributed by atoms with Crippen LogP contribution in [0.25, 0.3) is 6.08 Å². The molecule has 1 aliphatic heterocycles. The van der Waals surface area contributed by atoms with Crippen LogP contribution in [0.15, 0.2) is 30.0 Å². The molecule has 1 atom stereocenters. The number of hydrogen-bond acceptors (Lipinski definition) is 4. The third kappa shape index (κ3) is 3.22. The molecule has 0 spiro atoms. The van der Waals surface area contributed by atoms with Crippen LogP contribution in [0.1, 0.15) is 29.2 Å². The van der Waals surface area contributed by atoms with Crippen molar-refractivity contribution in [1.29, 1.82) is 0 Å². The van der Waals surface area contributed by atoms with Gasteiger partial charge < -0.3 is 4.74 Å². The zero-order chi connectivity index (χ0) is 16.4. The zero-order valence-electron chi connectivity index (χ0n) is 13.1. The predicted octanol–water partition coefficient (Wildman–Crippen LogP) is 2.84. The van der Waals surface area contributed by atoms with Crippen LogP contribution in [0.4, 0.5) is 0 Å². The van der Waals surface area contributed by atoms with Crippen LogP contribution in [0.3, 0.4) is 0 Å². The quantitative estimate of drug-likeness (QED) is 0.489.